The first-order valence-corrected chi connectivity index (χ1v) is 9.85. The highest BCUT2D eigenvalue weighted by Crippen LogP contribution is 2.65. The molecule has 0 radical (unpaired) electrons. The van der Waals surface area contributed by atoms with Gasteiger partial charge in [-0.1, -0.05) is 0 Å². The number of rotatable bonds is 3. The van der Waals surface area contributed by atoms with Crippen molar-refractivity contribution in [3.63, 3.8) is 0 Å². The Morgan fingerprint density at radius 3 is 2.47 bits per heavy atom. The van der Waals surface area contributed by atoms with Crippen molar-refractivity contribution >= 4 is 37.3 Å². The van der Waals surface area contributed by atoms with Crippen LogP contribution in [0.2, 0.25) is 0 Å². The molecule has 4 atom stereocenters. The predicted octanol–water partition coefficient (Wildman–Crippen LogP) is 3.14. The Kier molecular flexibility index (Phi) is 2.73. The van der Waals surface area contributed by atoms with E-state index < -0.39 is 10.0 Å². The molecule has 0 spiro atoms. The zero-order chi connectivity index (χ0) is 13.4. The van der Waals surface area contributed by atoms with E-state index in [1.807, 2.05) is 6.92 Å². The largest absolute Gasteiger partial charge is 0.250 e. The zero-order valence-electron chi connectivity index (χ0n) is 10.6. The molecule has 0 amide bonds. The molecule has 3 aliphatic rings. The molecule has 2 bridgehead atoms. The fourth-order valence-electron chi connectivity index (χ4n) is 4.28. The third-order valence-electron chi connectivity index (χ3n) is 5.13. The van der Waals surface area contributed by atoms with E-state index in [1.54, 1.807) is 6.07 Å². The van der Waals surface area contributed by atoms with Crippen LogP contribution in [0.5, 0.6) is 0 Å². The molecule has 3 aliphatic carbocycles. The topological polar surface area (TPSA) is 46.2 Å². The van der Waals surface area contributed by atoms with Crippen molar-refractivity contribution in [1.29, 1.82) is 0 Å². The van der Waals surface area contributed by atoms with Gasteiger partial charge in [0.2, 0.25) is 10.0 Å². The Bertz CT molecular complexity index is 604. The molecule has 4 unspecified atom stereocenters. The molecular weight excluding hydrogens is 346 g/mol. The van der Waals surface area contributed by atoms with E-state index in [1.165, 1.54) is 30.6 Å². The molecular formula is C13H16BrNO2S2. The number of hydrogen-bond acceptors (Lipinski definition) is 3. The summed E-state index contributed by atoms with van der Waals surface area (Å²) in [6.45, 7) is 1.92. The molecule has 104 valence electrons. The van der Waals surface area contributed by atoms with Crippen LogP contribution in [0.25, 0.3) is 0 Å². The van der Waals surface area contributed by atoms with Crippen LogP contribution in [0.3, 0.4) is 0 Å². The highest BCUT2D eigenvalue weighted by Gasteiger charge is 2.65. The molecule has 0 saturated heterocycles. The molecule has 3 nitrogen and oxygen atoms in total. The third kappa shape index (κ3) is 1.87. The van der Waals surface area contributed by atoms with E-state index >= 15 is 0 Å². The Labute approximate surface area is 126 Å². The second-order valence-electron chi connectivity index (χ2n) is 6.16. The van der Waals surface area contributed by atoms with Gasteiger partial charge in [-0.3, -0.25) is 0 Å². The summed E-state index contributed by atoms with van der Waals surface area (Å²) in [7, 11) is -3.32. The Hall–Kier alpha value is 0.0900. The average Bonchev–Trinajstić information content (AvgIpc) is 2.72. The summed E-state index contributed by atoms with van der Waals surface area (Å²) in [5.74, 6) is 2.86. The molecule has 0 aromatic carbocycles. The number of fused-ring (bicyclic) bond motifs is 5. The van der Waals surface area contributed by atoms with Gasteiger partial charge < -0.3 is 0 Å². The van der Waals surface area contributed by atoms with Gasteiger partial charge >= 0.3 is 0 Å². The van der Waals surface area contributed by atoms with Crippen molar-refractivity contribution in [2.75, 3.05) is 0 Å². The summed E-state index contributed by atoms with van der Waals surface area (Å²) in [6, 6.07) is 1.97. The highest BCUT2D eigenvalue weighted by atomic mass is 79.9. The van der Waals surface area contributed by atoms with E-state index in [4.69, 9.17) is 0 Å². The predicted molar refractivity (Wildman–Crippen MR) is 78.7 cm³/mol. The van der Waals surface area contributed by atoms with Crippen LogP contribution >= 0.6 is 27.3 Å². The third-order valence-corrected chi connectivity index (χ3v) is 9.20. The highest BCUT2D eigenvalue weighted by molar-refractivity contribution is 9.11. The van der Waals surface area contributed by atoms with Gasteiger partial charge in [-0.05, 0) is 77.4 Å². The lowest BCUT2D eigenvalue weighted by Crippen LogP contribution is -2.29. The van der Waals surface area contributed by atoms with E-state index in [2.05, 4.69) is 20.7 Å². The minimum Gasteiger partial charge on any atom is -0.207 e. The van der Waals surface area contributed by atoms with E-state index in [-0.39, 0.29) is 6.04 Å². The summed E-state index contributed by atoms with van der Waals surface area (Å²) in [6.07, 6.45) is 3.97. The van der Waals surface area contributed by atoms with Crippen LogP contribution in [-0.2, 0) is 10.0 Å². The molecule has 6 heteroatoms. The second-order valence-corrected chi connectivity index (χ2v) is 10.5. The summed E-state index contributed by atoms with van der Waals surface area (Å²) in [5, 5.41) is 0. The maximum atomic E-state index is 12.4. The Morgan fingerprint density at radius 2 is 1.95 bits per heavy atom. The van der Waals surface area contributed by atoms with Crippen molar-refractivity contribution in [1.82, 2.24) is 4.72 Å². The number of aryl methyl sites for hydroxylation is 1. The molecule has 1 heterocycles. The van der Waals surface area contributed by atoms with Gasteiger partial charge in [-0.25, -0.2) is 13.1 Å². The summed E-state index contributed by atoms with van der Waals surface area (Å²) in [5.41, 5.74) is 0.987. The molecule has 4 rings (SSSR count). The lowest BCUT2D eigenvalue weighted by atomic mass is 10.0. The number of halogens is 1. The van der Waals surface area contributed by atoms with Gasteiger partial charge in [-0.2, -0.15) is 0 Å². The minimum absolute atomic E-state index is 0.220. The Morgan fingerprint density at radius 1 is 1.32 bits per heavy atom. The maximum Gasteiger partial charge on any atom is 0.250 e. The van der Waals surface area contributed by atoms with Gasteiger partial charge in [0.25, 0.3) is 0 Å². The number of hydrogen-bond donors (Lipinski definition) is 1. The van der Waals surface area contributed by atoms with E-state index in [0.29, 0.717) is 16.0 Å². The van der Waals surface area contributed by atoms with E-state index in [9.17, 15) is 8.42 Å². The van der Waals surface area contributed by atoms with Crippen molar-refractivity contribution < 1.29 is 8.42 Å². The van der Waals surface area contributed by atoms with Crippen LogP contribution in [0, 0.1) is 30.6 Å². The lowest BCUT2D eigenvalue weighted by molar-refractivity contribution is 0.456. The van der Waals surface area contributed by atoms with Crippen molar-refractivity contribution in [2.45, 2.75) is 36.4 Å². The van der Waals surface area contributed by atoms with E-state index in [0.717, 1.165) is 21.2 Å². The SMILES string of the molecule is Cc1cc(S(=O)(=O)NC2C3C4CCC(C4)C23)sc1Br. The quantitative estimate of drug-likeness (QED) is 0.898. The normalized spacial score (nSPS) is 39.6. The van der Waals surface area contributed by atoms with Gasteiger partial charge in [0, 0.05) is 6.04 Å². The van der Waals surface area contributed by atoms with Crippen molar-refractivity contribution in [3.05, 3.63) is 15.4 Å². The van der Waals surface area contributed by atoms with Crippen LogP contribution < -0.4 is 4.72 Å². The number of nitrogens with one attached hydrogen (secondary N) is 1. The smallest absolute Gasteiger partial charge is 0.207 e. The van der Waals surface area contributed by atoms with Crippen molar-refractivity contribution in [2.24, 2.45) is 23.7 Å². The first-order valence-electron chi connectivity index (χ1n) is 6.75. The molecule has 1 aromatic heterocycles. The maximum absolute atomic E-state index is 12.4. The van der Waals surface area contributed by atoms with Gasteiger partial charge in [0.05, 0.1) is 3.79 Å². The first-order chi connectivity index (χ1) is 8.97. The van der Waals surface area contributed by atoms with Crippen LogP contribution in [-0.4, -0.2) is 14.5 Å². The molecule has 3 fully saturated rings. The molecule has 19 heavy (non-hydrogen) atoms. The standard InChI is InChI=1S/C13H16BrNO2S2/c1-6-4-9(18-13(6)14)19(16,17)15-12-10-7-2-3-8(5-7)11(10)12/h4,7-8,10-12,15H,2-3,5H2,1H3. The fraction of sp³-hybridized carbons (Fsp3) is 0.692. The fourth-order valence-corrected chi connectivity index (χ4v) is 7.83. The van der Waals surface area contributed by atoms with Crippen LogP contribution in [0.15, 0.2) is 14.1 Å². The zero-order valence-corrected chi connectivity index (χ0v) is 13.8. The number of thiophene rings is 1. The van der Waals surface area contributed by atoms with Gasteiger partial charge in [-0.15, -0.1) is 11.3 Å². The van der Waals surface area contributed by atoms with Crippen LogP contribution in [0.4, 0.5) is 0 Å². The lowest BCUT2D eigenvalue weighted by Gasteiger charge is -2.10. The average molecular weight is 362 g/mol. The summed E-state index contributed by atoms with van der Waals surface area (Å²) in [4.78, 5) is 0. The second kappa shape index (κ2) is 4.06. The van der Waals surface area contributed by atoms with Gasteiger partial charge in [0.1, 0.15) is 4.21 Å². The summed E-state index contributed by atoms with van der Waals surface area (Å²) < 4.78 is 29.1. The molecule has 1 aromatic rings. The first kappa shape index (κ1) is 12.8. The Balaban J connectivity index is 1.54. The molecule has 1 N–H and O–H groups in total. The molecule has 3 saturated carbocycles. The number of sulfonamides is 1. The van der Waals surface area contributed by atoms with Crippen LogP contribution in [0.1, 0.15) is 24.8 Å². The minimum atomic E-state index is -3.32. The molecule has 0 aliphatic heterocycles. The monoisotopic (exact) mass is 361 g/mol. The van der Waals surface area contributed by atoms with Crippen molar-refractivity contribution in [3.8, 4) is 0 Å². The van der Waals surface area contributed by atoms with Gasteiger partial charge in [0.15, 0.2) is 0 Å². The summed E-state index contributed by atoms with van der Waals surface area (Å²) >= 11 is 4.70.